The Morgan fingerprint density at radius 3 is 2.59 bits per heavy atom. The van der Waals surface area contributed by atoms with Crippen LogP contribution in [0.5, 0.6) is 0 Å². The largest absolute Gasteiger partial charge is 0.478 e. The summed E-state index contributed by atoms with van der Waals surface area (Å²) in [5, 5.41) is 8.38. The number of aromatic nitrogens is 2. The van der Waals surface area contributed by atoms with Gasteiger partial charge in [-0.15, -0.1) is 0 Å². The fourth-order valence-corrected chi connectivity index (χ4v) is 1.90. The summed E-state index contributed by atoms with van der Waals surface area (Å²) < 4.78 is 36.0. The maximum absolute atomic E-state index is 12.0. The van der Waals surface area contributed by atoms with Crippen LogP contribution in [0.25, 0.3) is 0 Å². The number of halogens is 3. The Bertz CT molecular complexity index is 498. The van der Waals surface area contributed by atoms with E-state index < -0.39 is 34.2 Å². The van der Waals surface area contributed by atoms with Crippen molar-refractivity contribution in [3.8, 4) is 0 Å². The van der Waals surface area contributed by atoms with Crippen LogP contribution in [0.4, 0.5) is 13.2 Å². The lowest BCUT2D eigenvalue weighted by Crippen LogP contribution is -2.19. The zero-order chi connectivity index (χ0) is 13.2. The van der Waals surface area contributed by atoms with Gasteiger partial charge in [0.25, 0.3) is 0 Å². The van der Waals surface area contributed by atoms with Crippen LogP contribution >= 0.6 is 11.8 Å². The number of hydrogen-bond acceptors (Lipinski definition) is 4. The van der Waals surface area contributed by atoms with Crippen molar-refractivity contribution in [1.82, 2.24) is 9.97 Å². The first-order valence-electron chi connectivity index (χ1n) is 4.24. The second-order valence-corrected chi connectivity index (χ2v) is 4.02. The number of hydrogen-bond donors (Lipinski definition) is 2. The lowest BCUT2D eigenvalue weighted by molar-refractivity contribution is -0.105. The fourth-order valence-electron chi connectivity index (χ4n) is 1.07. The Labute approximate surface area is 97.1 Å². The topological polar surface area (TPSA) is 83.0 Å². The second kappa shape index (κ2) is 4.78. The molecule has 94 valence electrons. The first-order chi connectivity index (χ1) is 7.70. The molecule has 0 radical (unpaired) electrons. The minimum absolute atomic E-state index is 0.0258. The fraction of sp³-hybridized carbons (Fsp3) is 0.375. The van der Waals surface area contributed by atoms with Crippen molar-refractivity contribution in [1.29, 1.82) is 0 Å². The highest BCUT2D eigenvalue weighted by Gasteiger charge is 2.29. The van der Waals surface area contributed by atoms with Gasteiger partial charge in [0.1, 0.15) is 10.6 Å². The van der Waals surface area contributed by atoms with Crippen molar-refractivity contribution in [3.05, 3.63) is 21.7 Å². The quantitative estimate of drug-likeness (QED) is 0.640. The lowest BCUT2D eigenvalue weighted by atomic mass is 10.2. The van der Waals surface area contributed by atoms with Crippen LogP contribution in [0, 0.1) is 6.92 Å². The van der Waals surface area contributed by atoms with E-state index in [1.54, 1.807) is 0 Å². The molecule has 0 saturated carbocycles. The van der Waals surface area contributed by atoms with Gasteiger partial charge in [-0.25, -0.2) is 9.59 Å². The van der Waals surface area contributed by atoms with Gasteiger partial charge in [-0.2, -0.15) is 18.2 Å². The molecule has 0 aliphatic rings. The summed E-state index contributed by atoms with van der Waals surface area (Å²) >= 11 is 0.174. The van der Waals surface area contributed by atoms with E-state index in [4.69, 9.17) is 5.11 Å². The zero-order valence-electron chi connectivity index (χ0n) is 8.46. The highest BCUT2D eigenvalue weighted by atomic mass is 32.2. The molecule has 1 heterocycles. The Balaban J connectivity index is 3.13. The van der Waals surface area contributed by atoms with Crippen molar-refractivity contribution >= 4 is 17.7 Å². The SMILES string of the molecule is Cc1[nH]c(=O)nc(SCC(F)(F)F)c1C(=O)O. The van der Waals surface area contributed by atoms with Crippen LogP contribution < -0.4 is 5.69 Å². The van der Waals surface area contributed by atoms with E-state index in [0.29, 0.717) is 0 Å². The third kappa shape index (κ3) is 3.77. The van der Waals surface area contributed by atoms with E-state index in [-0.39, 0.29) is 17.5 Å². The number of H-pyrrole nitrogens is 1. The van der Waals surface area contributed by atoms with Crippen molar-refractivity contribution in [3.63, 3.8) is 0 Å². The Morgan fingerprint density at radius 1 is 1.53 bits per heavy atom. The molecule has 0 spiro atoms. The molecule has 1 aromatic rings. The predicted octanol–water partition coefficient (Wildman–Crippen LogP) is 1.43. The highest BCUT2D eigenvalue weighted by Crippen LogP contribution is 2.28. The van der Waals surface area contributed by atoms with Crippen molar-refractivity contribution in [2.24, 2.45) is 0 Å². The number of nitrogens with zero attached hydrogens (tertiary/aromatic N) is 1. The number of carboxylic acids is 1. The molecule has 0 aromatic carbocycles. The molecule has 5 nitrogen and oxygen atoms in total. The third-order valence-electron chi connectivity index (χ3n) is 1.67. The number of carbonyl (C=O) groups is 1. The van der Waals surface area contributed by atoms with Crippen LogP contribution in [-0.4, -0.2) is 33.0 Å². The third-order valence-corrected chi connectivity index (χ3v) is 2.71. The van der Waals surface area contributed by atoms with E-state index in [1.165, 1.54) is 6.92 Å². The van der Waals surface area contributed by atoms with Crippen LogP contribution in [0.15, 0.2) is 9.82 Å². The summed E-state index contributed by atoms with van der Waals surface area (Å²) in [6.45, 7) is 1.28. The molecule has 9 heteroatoms. The van der Waals surface area contributed by atoms with Gasteiger partial charge in [-0.3, -0.25) is 0 Å². The molecule has 1 aromatic heterocycles. The van der Waals surface area contributed by atoms with E-state index in [2.05, 4.69) is 9.97 Å². The molecule has 0 atom stereocenters. The predicted molar refractivity (Wildman–Crippen MR) is 53.3 cm³/mol. The number of thioether (sulfide) groups is 1. The van der Waals surface area contributed by atoms with Crippen LogP contribution in [0.3, 0.4) is 0 Å². The van der Waals surface area contributed by atoms with E-state index in [1.807, 2.05) is 0 Å². The van der Waals surface area contributed by atoms with E-state index >= 15 is 0 Å². The molecule has 0 amide bonds. The lowest BCUT2D eigenvalue weighted by Gasteiger charge is -2.08. The van der Waals surface area contributed by atoms with Gasteiger partial charge in [0, 0.05) is 5.69 Å². The first kappa shape index (κ1) is 13.6. The molecule has 0 unspecified atom stereocenters. The van der Waals surface area contributed by atoms with Gasteiger partial charge in [-0.1, -0.05) is 11.8 Å². The van der Waals surface area contributed by atoms with Crippen LogP contribution in [0.2, 0.25) is 0 Å². The maximum atomic E-state index is 12.0. The van der Waals surface area contributed by atoms with Gasteiger partial charge in [0.2, 0.25) is 0 Å². The van der Waals surface area contributed by atoms with E-state index in [9.17, 15) is 22.8 Å². The molecule has 2 N–H and O–H groups in total. The molecule has 0 aliphatic carbocycles. The minimum atomic E-state index is -4.46. The normalized spacial score (nSPS) is 11.5. The van der Waals surface area contributed by atoms with Gasteiger partial charge < -0.3 is 10.1 Å². The molecule has 17 heavy (non-hydrogen) atoms. The molecule has 0 fully saturated rings. The van der Waals surface area contributed by atoms with Crippen molar-refractivity contribution in [2.45, 2.75) is 18.1 Å². The van der Waals surface area contributed by atoms with E-state index in [0.717, 1.165) is 0 Å². The average Bonchev–Trinajstić information content (AvgIpc) is 2.11. The standard InChI is InChI=1S/C8H7F3N2O3S/c1-3-4(6(14)15)5(13-7(16)12-3)17-2-8(9,10)11/h2H2,1H3,(H,14,15)(H,12,13,16). The van der Waals surface area contributed by atoms with Gasteiger partial charge >= 0.3 is 17.8 Å². The van der Waals surface area contributed by atoms with Gasteiger partial charge in [0.15, 0.2) is 0 Å². The zero-order valence-corrected chi connectivity index (χ0v) is 9.28. The summed E-state index contributed by atoms with van der Waals surface area (Å²) in [6, 6.07) is 0. The number of rotatable bonds is 3. The molecule has 0 bridgehead atoms. The monoisotopic (exact) mass is 268 g/mol. The Morgan fingerprint density at radius 2 is 2.12 bits per heavy atom. The smallest absolute Gasteiger partial charge is 0.398 e. The summed E-state index contributed by atoms with van der Waals surface area (Å²) in [5.74, 6) is -2.74. The number of aromatic amines is 1. The highest BCUT2D eigenvalue weighted by molar-refractivity contribution is 7.99. The number of carboxylic acid groups (broad SMARTS) is 1. The molecule has 1 rings (SSSR count). The minimum Gasteiger partial charge on any atom is -0.478 e. The number of aromatic carboxylic acids is 1. The second-order valence-electron chi connectivity index (χ2n) is 3.06. The van der Waals surface area contributed by atoms with Gasteiger partial charge in [-0.05, 0) is 6.92 Å². The summed E-state index contributed by atoms with van der Waals surface area (Å²) in [6.07, 6.45) is -4.46. The number of aryl methyl sites for hydroxylation is 1. The number of alkyl halides is 3. The Hall–Kier alpha value is -1.51. The molecular formula is C8H7F3N2O3S. The summed E-state index contributed by atoms with van der Waals surface area (Å²) in [5.41, 5.74) is -1.32. The number of nitrogens with one attached hydrogen (secondary N) is 1. The van der Waals surface area contributed by atoms with Gasteiger partial charge in [0.05, 0.1) is 5.75 Å². The summed E-state index contributed by atoms with van der Waals surface area (Å²) in [4.78, 5) is 27.1. The Kier molecular flexibility index (Phi) is 3.81. The van der Waals surface area contributed by atoms with Crippen LogP contribution in [0.1, 0.15) is 16.1 Å². The van der Waals surface area contributed by atoms with Crippen molar-refractivity contribution in [2.75, 3.05) is 5.75 Å². The maximum Gasteiger partial charge on any atom is 0.398 e. The van der Waals surface area contributed by atoms with Crippen LogP contribution in [-0.2, 0) is 0 Å². The van der Waals surface area contributed by atoms with Crippen molar-refractivity contribution < 1.29 is 23.1 Å². The molecule has 0 saturated heterocycles. The summed E-state index contributed by atoms with van der Waals surface area (Å²) in [7, 11) is 0. The molecule has 0 aliphatic heterocycles. The first-order valence-corrected chi connectivity index (χ1v) is 5.23. The molecular weight excluding hydrogens is 261 g/mol. The average molecular weight is 268 g/mol.